The van der Waals surface area contributed by atoms with Crippen molar-refractivity contribution in [3.8, 4) is 0 Å². The largest absolute Gasteiger partial charge is 0.478 e. The van der Waals surface area contributed by atoms with E-state index in [0.29, 0.717) is 12.2 Å². The van der Waals surface area contributed by atoms with Crippen LogP contribution in [0.3, 0.4) is 0 Å². The van der Waals surface area contributed by atoms with E-state index in [0.717, 1.165) is 38.5 Å². The van der Waals surface area contributed by atoms with Gasteiger partial charge in [-0.05, 0) is 0 Å². The molecule has 0 aromatic heterocycles. The highest BCUT2D eigenvalue weighted by molar-refractivity contribution is 5.92. The molecule has 0 aliphatic carbocycles. The maximum atomic E-state index is 11.7. The molecule has 0 spiro atoms. The summed E-state index contributed by atoms with van der Waals surface area (Å²) in [5.41, 5.74) is 0. The van der Waals surface area contributed by atoms with Crippen LogP contribution in [0.25, 0.3) is 0 Å². The van der Waals surface area contributed by atoms with Crippen molar-refractivity contribution in [3.63, 3.8) is 0 Å². The van der Waals surface area contributed by atoms with Gasteiger partial charge in [0, 0.05) is 36.5 Å². The Kier molecular flexibility index (Phi) is 12.2. The van der Waals surface area contributed by atoms with Crippen LogP contribution in [-0.2, 0) is 52.5 Å². The standard InChI is InChI=1S/C17H18O12/c1-25-13(20)5-7-16(23)28-10-11(9-27-15(22)4-3-12(18)19)29-17(24)8-6-14(21)26-2/h3-8,11H,9-10H2,1-2H3,(H,18,19)/b4-3+,7-5+,8-6+. The lowest BCUT2D eigenvalue weighted by atomic mass is 10.4. The van der Waals surface area contributed by atoms with Crippen molar-refractivity contribution in [1.29, 1.82) is 0 Å². The third-order valence-corrected chi connectivity index (χ3v) is 2.58. The zero-order valence-electron chi connectivity index (χ0n) is 15.4. The van der Waals surface area contributed by atoms with E-state index in [1.54, 1.807) is 0 Å². The van der Waals surface area contributed by atoms with E-state index in [-0.39, 0.29) is 0 Å². The van der Waals surface area contributed by atoms with Gasteiger partial charge < -0.3 is 28.8 Å². The Hall–Kier alpha value is -3.96. The number of esters is 5. The van der Waals surface area contributed by atoms with Crippen LogP contribution in [0, 0.1) is 0 Å². The van der Waals surface area contributed by atoms with Gasteiger partial charge in [0.05, 0.1) is 14.2 Å². The highest BCUT2D eigenvalue weighted by atomic mass is 16.6. The molecule has 0 aliphatic rings. The van der Waals surface area contributed by atoms with Crippen molar-refractivity contribution in [3.05, 3.63) is 36.5 Å². The van der Waals surface area contributed by atoms with E-state index in [1.165, 1.54) is 0 Å². The number of aliphatic carboxylic acids is 1. The Morgan fingerprint density at radius 3 is 1.45 bits per heavy atom. The predicted octanol–water partition coefficient (Wildman–Crippen LogP) is -0.916. The molecule has 0 saturated carbocycles. The van der Waals surface area contributed by atoms with E-state index >= 15 is 0 Å². The van der Waals surface area contributed by atoms with Crippen LogP contribution in [0.4, 0.5) is 0 Å². The number of hydrogen-bond acceptors (Lipinski definition) is 11. The van der Waals surface area contributed by atoms with E-state index in [2.05, 4.69) is 14.2 Å². The van der Waals surface area contributed by atoms with Crippen LogP contribution >= 0.6 is 0 Å². The molecule has 0 bridgehead atoms. The van der Waals surface area contributed by atoms with Crippen LogP contribution in [0.1, 0.15) is 0 Å². The fourth-order valence-corrected chi connectivity index (χ4v) is 1.31. The van der Waals surface area contributed by atoms with Gasteiger partial charge in [0.2, 0.25) is 0 Å². The number of rotatable bonds is 11. The number of ether oxygens (including phenoxy) is 5. The number of hydrogen-bond donors (Lipinski definition) is 1. The van der Waals surface area contributed by atoms with Crippen molar-refractivity contribution in [2.75, 3.05) is 27.4 Å². The van der Waals surface area contributed by atoms with Crippen LogP contribution in [0.5, 0.6) is 0 Å². The molecule has 12 heteroatoms. The van der Waals surface area contributed by atoms with Crippen LogP contribution in [0.15, 0.2) is 36.5 Å². The van der Waals surface area contributed by atoms with E-state index in [4.69, 9.17) is 14.6 Å². The molecule has 12 nitrogen and oxygen atoms in total. The van der Waals surface area contributed by atoms with Crippen molar-refractivity contribution in [2.24, 2.45) is 0 Å². The highest BCUT2D eigenvalue weighted by Gasteiger charge is 2.18. The Balaban J connectivity index is 4.89. The highest BCUT2D eigenvalue weighted by Crippen LogP contribution is 2.00. The second-order valence-electron chi connectivity index (χ2n) is 4.70. The summed E-state index contributed by atoms with van der Waals surface area (Å²) in [7, 11) is 2.19. The van der Waals surface area contributed by atoms with E-state index in [9.17, 15) is 28.8 Å². The van der Waals surface area contributed by atoms with Gasteiger partial charge >= 0.3 is 35.8 Å². The minimum atomic E-state index is -1.39. The molecule has 0 radical (unpaired) electrons. The average Bonchev–Trinajstić information content (AvgIpc) is 2.70. The van der Waals surface area contributed by atoms with Crippen molar-refractivity contribution in [2.45, 2.75) is 6.10 Å². The molecule has 0 fully saturated rings. The van der Waals surface area contributed by atoms with Gasteiger partial charge in [0.1, 0.15) is 13.2 Å². The average molecular weight is 414 g/mol. The van der Waals surface area contributed by atoms with Crippen LogP contribution in [-0.4, -0.2) is 74.5 Å². The van der Waals surface area contributed by atoms with Gasteiger partial charge in [-0.15, -0.1) is 0 Å². The first-order valence-corrected chi connectivity index (χ1v) is 7.65. The normalized spacial score (nSPS) is 11.8. The van der Waals surface area contributed by atoms with Gasteiger partial charge in [0.25, 0.3) is 0 Å². The van der Waals surface area contributed by atoms with Crippen molar-refractivity contribution in [1.82, 2.24) is 0 Å². The Labute approximate surface area is 164 Å². The first-order valence-electron chi connectivity index (χ1n) is 7.65. The third-order valence-electron chi connectivity index (χ3n) is 2.58. The summed E-state index contributed by atoms with van der Waals surface area (Å²) in [5.74, 6) is -6.11. The molecule has 0 amide bonds. The zero-order valence-corrected chi connectivity index (χ0v) is 15.4. The summed E-state index contributed by atoms with van der Waals surface area (Å²) in [6.45, 7) is -1.19. The summed E-state index contributed by atoms with van der Waals surface area (Å²) >= 11 is 0. The van der Waals surface area contributed by atoms with Gasteiger partial charge in [-0.2, -0.15) is 0 Å². The monoisotopic (exact) mass is 414 g/mol. The maximum absolute atomic E-state index is 11.7. The molecule has 0 aliphatic heterocycles. The van der Waals surface area contributed by atoms with Crippen molar-refractivity contribution < 1.29 is 57.6 Å². The van der Waals surface area contributed by atoms with E-state index < -0.39 is 55.1 Å². The molecule has 0 saturated heterocycles. The number of carboxylic acid groups (broad SMARTS) is 1. The quantitative estimate of drug-likeness (QED) is 0.251. The first kappa shape index (κ1) is 25.0. The summed E-state index contributed by atoms with van der Waals surface area (Å²) in [4.78, 5) is 66.8. The minimum Gasteiger partial charge on any atom is -0.478 e. The predicted molar refractivity (Wildman–Crippen MR) is 90.9 cm³/mol. The second kappa shape index (κ2) is 14.1. The minimum absolute atomic E-state index is 0.528. The molecule has 0 heterocycles. The van der Waals surface area contributed by atoms with Gasteiger partial charge in [-0.3, -0.25) is 0 Å². The maximum Gasteiger partial charge on any atom is 0.331 e. The number of carboxylic acids is 1. The smallest absolute Gasteiger partial charge is 0.331 e. The SMILES string of the molecule is COC(=O)/C=C/C(=O)OCC(COC(=O)/C=C/C(=O)O)OC(=O)/C=C/C(=O)OC. The molecule has 29 heavy (non-hydrogen) atoms. The Bertz CT molecular complexity index is 716. The number of carbonyl (C=O) groups is 6. The molecule has 158 valence electrons. The molecule has 0 aromatic rings. The van der Waals surface area contributed by atoms with Crippen LogP contribution in [0.2, 0.25) is 0 Å². The fraction of sp³-hybridized carbons (Fsp3) is 0.294. The molecule has 1 N–H and O–H groups in total. The summed E-state index contributed by atoms with van der Waals surface area (Å²) in [6.07, 6.45) is 2.88. The zero-order chi connectivity index (χ0) is 22.2. The second-order valence-corrected chi connectivity index (χ2v) is 4.70. The Morgan fingerprint density at radius 1 is 0.655 bits per heavy atom. The lowest BCUT2D eigenvalue weighted by Gasteiger charge is -2.16. The molecule has 1 atom stereocenters. The molecular weight excluding hydrogens is 396 g/mol. The summed E-state index contributed by atoms with van der Waals surface area (Å²) in [5, 5.41) is 8.43. The lowest BCUT2D eigenvalue weighted by Crippen LogP contribution is -2.30. The van der Waals surface area contributed by atoms with Gasteiger partial charge in [-0.25, -0.2) is 28.8 Å². The molecule has 1 unspecified atom stereocenters. The summed E-state index contributed by atoms with van der Waals surface area (Å²) in [6, 6.07) is 0. The van der Waals surface area contributed by atoms with Crippen molar-refractivity contribution >= 4 is 35.8 Å². The lowest BCUT2D eigenvalue weighted by molar-refractivity contribution is -0.160. The number of methoxy groups -OCH3 is 2. The first-order chi connectivity index (χ1) is 13.7. The summed E-state index contributed by atoms with van der Waals surface area (Å²) < 4.78 is 22.9. The fourth-order valence-electron chi connectivity index (χ4n) is 1.31. The van der Waals surface area contributed by atoms with E-state index in [1.807, 2.05) is 0 Å². The molecular formula is C17H18O12. The Morgan fingerprint density at radius 2 is 1.03 bits per heavy atom. The van der Waals surface area contributed by atoms with Gasteiger partial charge in [-0.1, -0.05) is 0 Å². The van der Waals surface area contributed by atoms with Gasteiger partial charge in [0.15, 0.2) is 6.10 Å². The van der Waals surface area contributed by atoms with Crippen LogP contribution < -0.4 is 0 Å². The molecule has 0 aromatic carbocycles. The molecule has 0 rings (SSSR count). The topological polar surface area (TPSA) is 169 Å². The third kappa shape index (κ3) is 13.8. The number of carbonyl (C=O) groups excluding carboxylic acids is 5.